The highest BCUT2D eigenvalue weighted by molar-refractivity contribution is 5.76. The van der Waals surface area contributed by atoms with Crippen LogP contribution in [0.1, 0.15) is 77.0 Å². The minimum Gasteiger partial charge on any atom is -0.481 e. The van der Waals surface area contributed by atoms with Crippen LogP contribution in [0.5, 0.6) is 0 Å². The predicted molar refractivity (Wildman–Crippen MR) is 90.6 cm³/mol. The molecule has 5 heteroatoms. The van der Waals surface area contributed by atoms with Gasteiger partial charge in [0.25, 0.3) is 0 Å². The zero-order valence-electron chi connectivity index (χ0n) is 14.6. The lowest BCUT2D eigenvalue weighted by Crippen LogP contribution is -2.56. The second-order valence-corrected chi connectivity index (χ2v) is 8.13. The lowest BCUT2D eigenvalue weighted by Gasteiger charge is -2.50. The topological polar surface area (TPSA) is 75.6 Å². The molecular formula is C19H31NO4. The van der Waals surface area contributed by atoms with E-state index in [4.69, 9.17) is 9.84 Å². The Hall–Kier alpha value is -1.10. The number of carboxylic acid groups (broad SMARTS) is 1. The van der Waals surface area contributed by atoms with Gasteiger partial charge in [-0.1, -0.05) is 38.5 Å². The average molecular weight is 337 g/mol. The molecule has 1 unspecified atom stereocenters. The fourth-order valence-corrected chi connectivity index (χ4v) is 4.74. The summed E-state index contributed by atoms with van der Waals surface area (Å²) >= 11 is 0. The first-order valence-corrected chi connectivity index (χ1v) is 9.72. The summed E-state index contributed by atoms with van der Waals surface area (Å²) < 4.78 is 5.85. The molecule has 2 aliphatic carbocycles. The number of ether oxygens (including phenoxy) is 1. The van der Waals surface area contributed by atoms with Gasteiger partial charge in [0.2, 0.25) is 5.91 Å². The van der Waals surface area contributed by atoms with E-state index in [9.17, 15) is 9.59 Å². The Labute approximate surface area is 144 Å². The molecule has 3 aliphatic rings. The zero-order valence-corrected chi connectivity index (χ0v) is 14.6. The van der Waals surface area contributed by atoms with Crippen molar-refractivity contribution in [3.05, 3.63) is 0 Å². The molecule has 2 saturated carbocycles. The van der Waals surface area contributed by atoms with Crippen molar-refractivity contribution in [2.24, 2.45) is 11.8 Å². The van der Waals surface area contributed by atoms with E-state index in [0.717, 1.165) is 25.2 Å². The monoisotopic (exact) mass is 337 g/mol. The predicted octanol–water partition coefficient (Wildman–Crippen LogP) is 3.27. The Morgan fingerprint density at radius 2 is 1.75 bits per heavy atom. The van der Waals surface area contributed by atoms with Crippen LogP contribution in [0.3, 0.4) is 0 Å². The Morgan fingerprint density at radius 1 is 1.04 bits per heavy atom. The first kappa shape index (κ1) is 17.7. The molecule has 0 aromatic heterocycles. The van der Waals surface area contributed by atoms with Crippen molar-refractivity contribution in [1.29, 1.82) is 0 Å². The Kier molecular flexibility index (Phi) is 5.80. The lowest BCUT2D eigenvalue weighted by atomic mass is 9.66. The molecule has 1 atom stereocenters. The molecule has 3 rings (SSSR count). The highest BCUT2D eigenvalue weighted by Crippen LogP contribution is 2.46. The third-order valence-corrected chi connectivity index (χ3v) is 6.20. The van der Waals surface area contributed by atoms with Crippen LogP contribution in [0.15, 0.2) is 0 Å². The Morgan fingerprint density at radius 3 is 2.42 bits per heavy atom. The van der Waals surface area contributed by atoms with Gasteiger partial charge >= 0.3 is 5.97 Å². The minimum atomic E-state index is -0.723. The number of rotatable bonds is 5. The van der Waals surface area contributed by atoms with Gasteiger partial charge in [0.1, 0.15) is 0 Å². The third-order valence-electron chi connectivity index (χ3n) is 6.20. The Bertz CT molecular complexity index is 450. The molecule has 5 nitrogen and oxygen atoms in total. The number of carbonyl (C=O) groups excluding carboxylic acids is 1. The van der Waals surface area contributed by atoms with Gasteiger partial charge in [-0.05, 0) is 38.0 Å². The van der Waals surface area contributed by atoms with Gasteiger partial charge in [-0.25, -0.2) is 0 Å². The first-order chi connectivity index (χ1) is 11.6. The van der Waals surface area contributed by atoms with Crippen LogP contribution in [0.4, 0.5) is 0 Å². The number of aliphatic carboxylic acids is 1. The van der Waals surface area contributed by atoms with E-state index in [1.165, 1.54) is 38.5 Å². The molecule has 1 heterocycles. The Balaban J connectivity index is 1.39. The number of hydrogen-bond acceptors (Lipinski definition) is 3. The van der Waals surface area contributed by atoms with Gasteiger partial charge in [0, 0.05) is 19.1 Å². The summed E-state index contributed by atoms with van der Waals surface area (Å²) in [4.78, 5) is 23.3. The fraction of sp³-hybridized carbons (Fsp3) is 0.895. The summed E-state index contributed by atoms with van der Waals surface area (Å²) in [6, 6.07) is 0.148. The van der Waals surface area contributed by atoms with E-state index in [-0.39, 0.29) is 23.5 Å². The average Bonchev–Trinajstić information content (AvgIpc) is 2.79. The maximum absolute atomic E-state index is 12.3. The molecule has 3 fully saturated rings. The molecule has 0 bridgehead atoms. The highest BCUT2D eigenvalue weighted by atomic mass is 16.5. The number of amides is 1. The normalized spacial score (nSPS) is 34.3. The maximum Gasteiger partial charge on any atom is 0.306 e. The molecular weight excluding hydrogens is 306 g/mol. The number of hydrogen-bond donors (Lipinski definition) is 2. The molecule has 136 valence electrons. The van der Waals surface area contributed by atoms with Crippen LogP contribution in [-0.2, 0) is 14.3 Å². The minimum absolute atomic E-state index is 0.148. The molecule has 1 aliphatic heterocycles. The van der Waals surface area contributed by atoms with E-state index in [1.54, 1.807) is 0 Å². The number of nitrogens with one attached hydrogen (secondary N) is 1. The van der Waals surface area contributed by atoms with Crippen molar-refractivity contribution < 1.29 is 19.4 Å². The molecule has 24 heavy (non-hydrogen) atoms. The van der Waals surface area contributed by atoms with Gasteiger partial charge in [0.15, 0.2) is 0 Å². The SMILES string of the molecule is O=C(CCC1CCCCCC1)NC1CCOC2(C1)CC(C(=O)O)C2. The summed E-state index contributed by atoms with van der Waals surface area (Å²) in [6.07, 6.45) is 12.4. The molecule has 1 saturated heterocycles. The van der Waals surface area contributed by atoms with E-state index in [0.29, 0.717) is 25.9 Å². The van der Waals surface area contributed by atoms with Crippen molar-refractivity contribution in [3.63, 3.8) is 0 Å². The summed E-state index contributed by atoms with van der Waals surface area (Å²) in [5.74, 6) is -0.105. The smallest absolute Gasteiger partial charge is 0.306 e. The van der Waals surface area contributed by atoms with Crippen molar-refractivity contribution in [2.45, 2.75) is 88.7 Å². The molecule has 0 aromatic carbocycles. The van der Waals surface area contributed by atoms with Crippen molar-refractivity contribution in [2.75, 3.05) is 6.61 Å². The molecule has 1 spiro atoms. The summed E-state index contributed by atoms with van der Waals surface area (Å²) in [7, 11) is 0. The number of carboxylic acids is 1. The van der Waals surface area contributed by atoms with Crippen molar-refractivity contribution in [3.8, 4) is 0 Å². The summed E-state index contributed by atoms with van der Waals surface area (Å²) in [5, 5.41) is 12.2. The van der Waals surface area contributed by atoms with Gasteiger partial charge < -0.3 is 15.2 Å². The zero-order chi connectivity index (χ0) is 17.0. The van der Waals surface area contributed by atoms with Crippen LogP contribution < -0.4 is 5.32 Å². The second-order valence-electron chi connectivity index (χ2n) is 8.13. The van der Waals surface area contributed by atoms with Gasteiger partial charge in [-0.2, -0.15) is 0 Å². The van der Waals surface area contributed by atoms with Gasteiger partial charge in [0.05, 0.1) is 11.5 Å². The summed E-state index contributed by atoms with van der Waals surface area (Å²) in [6.45, 7) is 0.625. The highest BCUT2D eigenvalue weighted by Gasteiger charge is 2.51. The van der Waals surface area contributed by atoms with Crippen LogP contribution in [0.2, 0.25) is 0 Å². The largest absolute Gasteiger partial charge is 0.481 e. The molecule has 2 N–H and O–H groups in total. The number of carbonyl (C=O) groups is 2. The maximum atomic E-state index is 12.3. The third kappa shape index (κ3) is 4.50. The van der Waals surface area contributed by atoms with E-state index >= 15 is 0 Å². The standard InChI is InChI=1S/C19H31NO4/c21-17(8-7-14-5-3-1-2-4-6-14)20-16-9-10-24-19(13-16)11-15(12-19)18(22)23/h14-16H,1-13H2,(H,20,21)(H,22,23). The van der Waals surface area contributed by atoms with Gasteiger partial charge in [-0.3, -0.25) is 9.59 Å². The van der Waals surface area contributed by atoms with Crippen molar-refractivity contribution in [1.82, 2.24) is 5.32 Å². The van der Waals surface area contributed by atoms with Crippen LogP contribution in [-0.4, -0.2) is 35.2 Å². The second kappa shape index (κ2) is 7.85. The van der Waals surface area contributed by atoms with Crippen LogP contribution in [0.25, 0.3) is 0 Å². The van der Waals surface area contributed by atoms with Crippen molar-refractivity contribution >= 4 is 11.9 Å². The molecule has 0 radical (unpaired) electrons. The van der Waals surface area contributed by atoms with E-state index < -0.39 is 5.97 Å². The van der Waals surface area contributed by atoms with Crippen LogP contribution in [0, 0.1) is 11.8 Å². The molecule has 1 amide bonds. The van der Waals surface area contributed by atoms with Crippen LogP contribution >= 0.6 is 0 Å². The molecule has 0 aromatic rings. The summed E-state index contributed by atoms with van der Waals surface area (Å²) in [5.41, 5.74) is -0.291. The first-order valence-electron chi connectivity index (χ1n) is 9.72. The van der Waals surface area contributed by atoms with E-state index in [1.807, 2.05) is 0 Å². The quantitative estimate of drug-likeness (QED) is 0.755. The fourth-order valence-electron chi connectivity index (χ4n) is 4.74. The lowest BCUT2D eigenvalue weighted by molar-refractivity contribution is -0.182. The van der Waals surface area contributed by atoms with Gasteiger partial charge in [-0.15, -0.1) is 0 Å². The van der Waals surface area contributed by atoms with E-state index in [2.05, 4.69) is 5.32 Å².